The van der Waals surface area contributed by atoms with Gasteiger partial charge in [-0.1, -0.05) is 54.2 Å². The molecule has 0 spiro atoms. The lowest BCUT2D eigenvalue weighted by molar-refractivity contribution is -0.128. The maximum absolute atomic E-state index is 13.5. The minimum absolute atomic E-state index is 0.0905. The Bertz CT molecular complexity index is 1320. The molecule has 1 amide bonds. The van der Waals surface area contributed by atoms with E-state index in [0.717, 1.165) is 16.0 Å². The van der Waals surface area contributed by atoms with Crippen LogP contribution in [0.5, 0.6) is 0 Å². The van der Waals surface area contributed by atoms with Gasteiger partial charge in [0.25, 0.3) is 5.56 Å². The Labute approximate surface area is 193 Å². The first-order valence-electron chi connectivity index (χ1n) is 10.2. The highest BCUT2D eigenvalue weighted by molar-refractivity contribution is 7.99. The lowest BCUT2D eigenvalue weighted by Gasteiger charge is -2.21. The van der Waals surface area contributed by atoms with Crippen molar-refractivity contribution in [1.29, 1.82) is 0 Å². The van der Waals surface area contributed by atoms with Crippen molar-refractivity contribution in [2.24, 2.45) is 7.05 Å². The van der Waals surface area contributed by atoms with E-state index in [9.17, 15) is 14.0 Å². The van der Waals surface area contributed by atoms with Gasteiger partial charge in [-0.3, -0.25) is 14.2 Å². The molecule has 0 saturated heterocycles. The second kappa shape index (κ2) is 9.67. The second-order valence-corrected chi connectivity index (χ2v) is 9.25. The topological polar surface area (TPSA) is 55.2 Å². The number of halogens is 1. The molecular weight excluding hydrogens is 445 g/mol. The average Bonchev–Trinajstić information content (AvgIpc) is 3.24. The number of benzene rings is 2. The number of thiophene rings is 1. The molecule has 0 atom stereocenters. The fraction of sp³-hybridized carbons (Fsp3) is 0.208. The first-order chi connectivity index (χ1) is 15.5. The highest BCUT2D eigenvalue weighted by Crippen LogP contribution is 2.32. The summed E-state index contributed by atoms with van der Waals surface area (Å²) in [7, 11) is 1.67. The van der Waals surface area contributed by atoms with Gasteiger partial charge in [0.2, 0.25) is 5.91 Å². The molecule has 0 saturated carbocycles. The van der Waals surface area contributed by atoms with E-state index >= 15 is 0 Å². The Balaban J connectivity index is 1.52. The quantitative estimate of drug-likeness (QED) is 0.285. The van der Waals surface area contributed by atoms with Crippen LogP contribution in [0, 0.1) is 5.82 Å². The standard InChI is InChI=1S/C24H22FN3O2S2/c1-3-28(14-16-8-7-11-18(25)12-16)21(29)15-31-24-26-22-19(23(30)27(24)2)13-20(32-22)17-9-5-4-6-10-17/h4-13H,3,14-15H2,1-2H3. The zero-order valence-electron chi connectivity index (χ0n) is 17.7. The van der Waals surface area contributed by atoms with Crippen molar-refractivity contribution >= 4 is 39.2 Å². The zero-order chi connectivity index (χ0) is 22.7. The molecule has 0 aliphatic carbocycles. The number of nitrogens with zero attached hydrogens (tertiary/aromatic N) is 3. The van der Waals surface area contributed by atoms with Gasteiger partial charge in [-0.25, -0.2) is 9.37 Å². The molecule has 4 aromatic rings. The number of aromatic nitrogens is 2. The summed E-state index contributed by atoms with van der Waals surface area (Å²) >= 11 is 2.71. The van der Waals surface area contributed by atoms with Gasteiger partial charge in [0.1, 0.15) is 10.6 Å². The Hall–Kier alpha value is -2.97. The number of fused-ring (bicyclic) bond motifs is 1. The maximum atomic E-state index is 13.5. The lowest BCUT2D eigenvalue weighted by atomic mass is 10.2. The van der Waals surface area contributed by atoms with Crippen LogP contribution < -0.4 is 5.56 Å². The molecule has 0 radical (unpaired) electrons. The molecule has 2 aromatic carbocycles. The van der Waals surface area contributed by atoms with Gasteiger partial charge in [-0.15, -0.1) is 11.3 Å². The van der Waals surface area contributed by atoms with Crippen molar-refractivity contribution in [2.45, 2.75) is 18.6 Å². The van der Waals surface area contributed by atoms with Crippen molar-refractivity contribution in [3.8, 4) is 10.4 Å². The van der Waals surface area contributed by atoms with Crippen molar-refractivity contribution in [3.05, 3.63) is 82.4 Å². The summed E-state index contributed by atoms with van der Waals surface area (Å²) in [5.41, 5.74) is 1.65. The van der Waals surface area contributed by atoms with Gasteiger partial charge in [0, 0.05) is 25.0 Å². The summed E-state index contributed by atoms with van der Waals surface area (Å²) in [5.74, 6) is -0.266. The van der Waals surface area contributed by atoms with E-state index in [-0.39, 0.29) is 23.0 Å². The average molecular weight is 468 g/mol. The lowest BCUT2D eigenvalue weighted by Crippen LogP contribution is -2.32. The highest BCUT2D eigenvalue weighted by atomic mass is 32.2. The molecule has 0 N–H and O–H groups in total. The van der Waals surface area contributed by atoms with Crippen LogP contribution in [0.1, 0.15) is 12.5 Å². The Morgan fingerprint density at radius 1 is 1.16 bits per heavy atom. The summed E-state index contributed by atoms with van der Waals surface area (Å²) in [6, 6.07) is 18.0. The van der Waals surface area contributed by atoms with Gasteiger partial charge in [0.05, 0.1) is 11.1 Å². The molecule has 8 heteroatoms. The van der Waals surface area contributed by atoms with E-state index < -0.39 is 0 Å². The van der Waals surface area contributed by atoms with Crippen LogP contribution in [0.3, 0.4) is 0 Å². The molecule has 32 heavy (non-hydrogen) atoms. The molecule has 164 valence electrons. The van der Waals surface area contributed by atoms with E-state index in [1.54, 1.807) is 24.1 Å². The summed E-state index contributed by atoms with van der Waals surface area (Å²) in [5, 5.41) is 1.08. The predicted octanol–water partition coefficient (Wildman–Crippen LogP) is 4.94. The minimum atomic E-state index is -0.321. The number of amides is 1. The van der Waals surface area contributed by atoms with Crippen LogP contribution >= 0.6 is 23.1 Å². The van der Waals surface area contributed by atoms with Crippen LogP contribution in [0.2, 0.25) is 0 Å². The maximum Gasteiger partial charge on any atom is 0.262 e. The van der Waals surface area contributed by atoms with Gasteiger partial charge in [-0.05, 0) is 36.2 Å². The summed E-state index contributed by atoms with van der Waals surface area (Å²) in [6.45, 7) is 2.73. The zero-order valence-corrected chi connectivity index (χ0v) is 19.4. The fourth-order valence-corrected chi connectivity index (χ4v) is 5.32. The van der Waals surface area contributed by atoms with E-state index in [2.05, 4.69) is 4.98 Å². The normalized spacial score (nSPS) is 11.1. The first kappa shape index (κ1) is 22.2. The third-order valence-electron chi connectivity index (χ3n) is 5.11. The van der Waals surface area contributed by atoms with E-state index in [1.165, 1.54) is 39.8 Å². The summed E-state index contributed by atoms with van der Waals surface area (Å²) < 4.78 is 15.0. The van der Waals surface area contributed by atoms with Crippen LogP contribution in [-0.4, -0.2) is 32.7 Å². The van der Waals surface area contributed by atoms with Gasteiger partial charge < -0.3 is 4.90 Å². The first-order valence-corrected chi connectivity index (χ1v) is 12.0. The highest BCUT2D eigenvalue weighted by Gasteiger charge is 2.17. The van der Waals surface area contributed by atoms with Crippen LogP contribution in [0.15, 0.2) is 70.6 Å². The van der Waals surface area contributed by atoms with Gasteiger partial charge >= 0.3 is 0 Å². The van der Waals surface area contributed by atoms with Crippen LogP contribution in [0.4, 0.5) is 4.39 Å². The molecular formula is C24H22FN3O2S2. The molecule has 0 bridgehead atoms. The van der Waals surface area contributed by atoms with E-state index in [0.29, 0.717) is 28.5 Å². The van der Waals surface area contributed by atoms with Crippen LogP contribution in [0.25, 0.3) is 20.7 Å². The Morgan fingerprint density at radius 3 is 2.66 bits per heavy atom. The molecule has 0 aliphatic heterocycles. The molecule has 0 aliphatic rings. The van der Waals surface area contributed by atoms with E-state index in [4.69, 9.17) is 0 Å². The molecule has 2 heterocycles. The number of rotatable bonds is 7. The number of hydrogen-bond donors (Lipinski definition) is 0. The molecule has 0 fully saturated rings. The number of thioether (sulfide) groups is 1. The Kier molecular flexibility index (Phi) is 6.72. The third kappa shape index (κ3) is 4.76. The number of hydrogen-bond acceptors (Lipinski definition) is 5. The smallest absolute Gasteiger partial charge is 0.262 e. The van der Waals surface area contributed by atoms with Gasteiger partial charge in [0.15, 0.2) is 5.16 Å². The van der Waals surface area contributed by atoms with Crippen LogP contribution in [-0.2, 0) is 18.4 Å². The third-order valence-corrected chi connectivity index (χ3v) is 7.20. The predicted molar refractivity (Wildman–Crippen MR) is 129 cm³/mol. The number of carbonyl (C=O) groups is 1. The molecule has 4 rings (SSSR count). The molecule has 5 nitrogen and oxygen atoms in total. The fourth-order valence-electron chi connectivity index (χ4n) is 3.37. The van der Waals surface area contributed by atoms with Crippen molar-refractivity contribution in [2.75, 3.05) is 12.3 Å². The summed E-state index contributed by atoms with van der Waals surface area (Å²) in [4.78, 5) is 33.6. The van der Waals surface area contributed by atoms with E-state index in [1.807, 2.05) is 43.3 Å². The molecule has 0 unspecified atom stereocenters. The van der Waals surface area contributed by atoms with Crippen molar-refractivity contribution < 1.29 is 9.18 Å². The number of carbonyl (C=O) groups excluding carboxylic acids is 1. The summed E-state index contributed by atoms with van der Waals surface area (Å²) in [6.07, 6.45) is 0. The van der Waals surface area contributed by atoms with Crippen molar-refractivity contribution in [3.63, 3.8) is 0 Å². The minimum Gasteiger partial charge on any atom is -0.338 e. The second-order valence-electron chi connectivity index (χ2n) is 7.28. The van der Waals surface area contributed by atoms with Crippen molar-refractivity contribution in [1.82, 2.24) is 14.5 Å². The SMILES string of the molecule is CCN(Cc1cccc(F)c1)C(=O)CSc1nc2sc(-c3ccccc3)cc2c(=O)n1C. The Morgan fingerprint density at radius 2 is 1.94 bits per heavy atom. The van der Waals surface area contributed by atoms with Gasteiger partial charge in [-0.2, -0.15) is 0 Å². The largest absolute Gasteiger partial charge is 0.338 e. The molecule has 2 aromatic heterocycles. The monoisotopic (exact) mass is 467 g/mol.